The zero-order chi connectivity index (χ0) is 11.0. The van der Waals surface area contributed by atoms with Crippen LogP contribution in [0.4, 0.5) is 0 Å². The smallest absolute Gasteiger partial charge is 0.309 e. The molecule has 0 aliphatic rings. The average molecular weight is 224 g/mol. The molecule has 0 spiro atoms. The Kier molecular flexibility index (Phi) is 2.48. The first kappa shape index (κ1) is 10.2. The maximum absolute atomic E-state index is 10.8. The quantitative estimate of drug-likeness (QED) is 0.869. The van der Waals surface area contributed by atoms with E-state index in [1.165, 1.54) is 11.3 Å². The van der Waals surface area contributed by atoms with Gasteiger partial charge in [-0.25, -0.2) is 4.98 Å². The lowest BCUT2D eigenvalue weighted by molar-refractivity contribution is -0.136. The monoisotopic (exact) mass is 224 g/mol. The van der Waals surface area contributed by atoms with Crippen molar-refractivity contribution in [2.45, 2.75) is 26.2 Å². The van der Waals surface area contributed by atoms with Crippen LogP contribution in [0.25, 0.3) is 4.96 Å². The SMILES string of the molecule is CC(C)c1nc2sccn2c1CC(=O)O. The summed E-state index contributed by atoms with van der Waals surface area (Å²) >= 11 is 1.53. The Morgan fingerprint density at radius 3 is 3.00 bits per heavy atom. The maximum atomic E-state index is 10.8. The zero-order valence-electron chi connectivity index (χ0n) is 8.60. The molecule has 0 aliphatic heterocycles. The van der Waals surface area contributed by atoms with Gasteiger partial charge in [0, 0.05) is 11.6 Å². The second kappa shape index (κ2) is 3.66. The van der Waals surface area contributed by atoms with Crippen molar-refractivity contribution in [3.8, 4) is 0 Å². The van der Waals surface area contributed by atoms with Gasteiger partial charge in [-0.3, -0.25) is 9.20 Å². The third-order valence-corrected chi connectivity index (χ3v) is 3.01. The number of fused-ring (bicyclic) bond motifs is 1. The fraction of sp³-hybridized carbons (Fsp3) is 0.400. The van der Waals surface area contributed by atoms with E-state index in [0.29, 0.717) is 0 Å². The van der Waals surface area contributed by atoms with E-state index in [4.69, 9.17) is 5.11 Å². The molecule has 15 heavy (non-hydrogen) atoms. The molecule has 0 radical (unpaired) electrons. The van der Waals surface area contributed by atoms with Crippen molar-refractivity contribution in [2.24, 2.45) is 0 Å². The van der Waals surface area contributed by atoms with Crippen molar-refractivity contribution in [3.05, 3.63) is 23.0 Å². The highest BCUT2D eigenvalue weighted by atomic mass is 32.1. The van der Waals surface area contributed by atoms with Gasteiger partial charge in [-0.05, 0) is 5.92 Å². The summed E-state index contributed by atoms with van der Waals surface area (Å²) in [6, 6.07) is 0. The summed E-state index contributed by atoms with van der Waals surface area (Å²) in [4.78, 5) is 16.1. The number of hydrogen-bond donors (Lipinski definition) is 1. The van der Waals surface area contributed by atoms with Crippen molar-refractivity contribution in [1.29, 1.82) is 0 Å². The van der Waals surface area contributed by atoms with Crippen LogP contribution in [0, 0.1) is 0 Å². The van der Waals surface area contributed by atoms with E-state index in [1.807, 2.05) is 29.8 Å². The van der Waals surface area contributed by atoms with Crippen LogP contribution in [0.5, 0.6) is 0 Å². The van der Waals surface area contributed by atoms with E-state index in [-0.39, 0.29) is 12.3 Å². The van der Waals surface area contributed by atoms with Gasteiger partial charge in [0.1, 0.15) is 0 Å². The van der Waals surface area contributed by atoms with E-state index < -0.39 is 5.97 Å². The Bertz CT molecular complexity index is 498. The molecule has 2 rings (SSSR count). The lowest BCUT2D eigenvalue weighted by Gasteiger charge is -2.03. The van der Waals surface area contributed by atoms with Gasteiger partial charge in [0.2, 0.25) is 0 Å². The molecule has 2 aromatic heterocycles. The van der Waals surface area contributed by atoms with Gasteiger partial charge in [-0.1, -0.05) is 13.8 Å². The van der Waals surface area contributed by atoms with Gasteiger partial charge in [0.15, 0.2) is 4.96 Å². The van der Waals surface area contributed by atoms with Gasteiger partial charge in [-0.2, -0.15) is 0 Å². The number of hydrogen-bond acceptors (Lipinski definition) is 3. The minimum Gasteiger partial charge on any atom is -0.481 e. The maximum Gasteiger partial charge on any atom is 0.309 e. The van der Waals surface area contributed by atoms with E-state index in [2.05, 4.69) is 4.98 Å². The molecule has 0 aliphatic carbocycles. The zero-order valence-corrected chi connectivity index (χ0v) is 9.41. The highest BCUT2D eigenvalue weighted by Gasteiger charge is 2.17. The van der Waals surface area contributed by atoms with Gasteiger partial charge < -0.3 is 5.11 Å². The number of nitrogens with zero attached hydrogens (tertiary/aromatic N) is 2. The van der Waals surface area contributed by atoms with Crippen molar-refractivity contribution >= 4 is 22.3 Å². The number of thiazole rings is 1. The molecule has 0 aromatic carbocycles. The molecule has 5 heteroatoms. The fourth-order valence-electron chi connectivity index (χ4n) is 1.63. The normalized spacial score (nSPS) is 11.4. The molecule has 0 bridgehead atoms. The highest BCUT2D eigenvalue weighted by molar-refractivity contribution is 7.15. The number of rotatable bonds is 3. The number of imidazole rings is 1. The summed E-state index contributed by atoms with van der Waals surface area (Å²) in [6.07, 6.45) is 1.91. The van der Waals surface area contributed by atoms with E-state index in [1.54, 1.807) is 0 Å². The number of aromatic nitrogens is 2. The summed E-state index contributed by atoms with van der Waals surface area (Å²) < 4.78 is 1.87. The molecule has 1 N–H and O–H groups in total. The van der Waals surface area contributed by atoms with Gasteiger partial charge in [0.05, 0.1) is 17.8 Å². The largest absolute Gasteiger partial charge is 0.481 e. The molecule has 0 fully saturated rings. The lowest BCUT2D eigenvalue weighted by atomic mass is 10.1. The first-order chi connectivity index (χ1) is 7.09. The van der Waals surface area contributed by atoms with Gasteiger partial charge in [-0.15, -0.1) is 11.3 Å². The molecular formula is C10H12N2O2S. The van der Waals surface area contributed by atoms with Crippen LogP contribution in [-0.2, 0) is 11.2 Å². The molecule has 0 saturated carbocycles. The predicted octanol–water partition coefficient (Wildman–Crippen LogP) is 2.15. The van der Waals surface area contributed by atoms with Crippen LogP contribution in [0.3, 0.4) is 0 Å². The molecular weight excluding hydrogens is 212 g/mol. The molecule has 0 atom stereocenters. The van der Waals surface area contributed by atoms with E-state index >= 15 is 0 Å². The van der Waals surface area contributed by atoms with E-state index in [9.17, 15) is 4.79 Å². The third-order valence-electron chi connectivity index (χ3n) is 2.26. The number of aliphatic carboxylic acids is 1. The summed E-state index contributed by atoms with van der Waals surface area (Å²) in [7, 11) is 0. The Labute approximate surface area is 91.2 Å². The Balaban J connectivity index is 2.58. The number of carboxylic acid groups (broad SMARTS) is 1. The summed E-state index contributed by atoms with van der Waals surface area (Å²) in [5.74, 6) is -0.559. The summed E-state index contributed by atoms with van der Waals surface area (Å²) in [5.41, 5.74) is 1.69. The number of carboxylic acids is 1. The molecule has 0 unspecified atom stereocenters. The second-order valence-corrected chi connectivity index (χ2v) is 4.60. The fourth-order valence-corrected chi connectivity index (χ4v) is 2.37. The van der Waals surface area contributed by atoms with Crippen LogP contribution < -0.4 is 0 Å². The second-order valence-electron chi connectivity index (χ2n) is 3.72. The minimum absolute atomic E-state index is 0.0331. The molecule has 2 aromatic rings. The predicted molar refractivity (Wildman–Crippen MR) is 58.5 cm³/mol. The van der Waals surface area contributed by atoms with Crippen molar-refractivity contribution in [1.82, 2.24) is 9.38 Å². The topological polar surface area (TPSA) is 54.6 Å². The molecule has 80 valence electrons. The number of carbonyl (C=O) groups is 1. The lowest BCUT2D eigenvalue weighted by Crippen LogP contribution is -2.06. The molecule has 4 nitrogen and oxygen atoms in total. The highest BCUT2D eigenvalue weighted by Crippen LogP contribution is 2.23. The van der Waals surface area contributed by atoms with Crippen LogP contribution >= 0.6 is 11.3 Å². The Morgan fingerprint density at radius 2 is 2.40 bits per heavy atom. The van der Waals surface area contributed by atoms with Crippen molar-refractivity contribution in [3.63, 3.8) is 0 Å². The first-order valence-corrected chi connectivity index (χ1v) is 5.63. The Morgan fingerprint density at radius 1 is 1.67 bits per heavy atom. The van der Waals surface area contributed by atoms with Crippen LogP contribution in [-0.4, -0.2) is 20.5 Å². The first-order valence-electron chi connectivity index (χ1n) is 4.75. The average Bonchev–Trinajstić information content (AvgIpc) is 2.66. The minimum atomic E-state index is -0.815. The van der Waals surface area contributed by atoms with Crippen LogP contribution in [0.1, 0.15) is 31.2 Å². The van der Waals surface area contributed by atoms with Crippen molar-refractivity contribution in [2.75, 3.05) is 0 Å². The molecule has 0 amide bonds. The standard InChI is InChI=1S/C10H12N2O2S/c1-6(2)9-7(5-8(13)14)12-3-4-15-10(12)11-9/h3-4,6H,5H2,1-2H3,(H,13,14). The Hall–Kier alpha value is -1.36. The van der Waals surface area contributed by atoms with Gasteiger partial charge in [0.25, 0.3) is 0 Å². The molecule has 0 saturated heterocycles. The van der Waals surface area contributed by atoms with E-state index in [0.717, 1.165) is 16.3 Å². The summed E-state index contributed by atoms with van der Waals surface area (Å²) in [6.45, 7) is 4.05. The summed E-state index contributed by atoms with van der Waals surface area (Å²) in [5, 5.41) is 10.8. The van der Waals surface area contributed by atoms with Crippen molar-refractivity contribution < 1.29 is 9.90 Å². The molecule has 2 heterocycles. The third kappa shape index (κ3) is 1.74. The van der Waals surface area contributed by atoms with Gasteiger partial charge >= 0.3 is 5.97 Å². The van der Waals surface area contributed by atoms with Crippen LogP contribution in [0.2, 0.25) is 0 Å². The van der Waals surface area contributed by atoms with Crippen LogP contribution in [0.15, 0.2) is 11.6 Å².